The largest absolute Gasteiger partial charge is 0.317 e. The monoisotopic (exact) mass is 623 g/mol. The molecule has 1 nitrogen and oxygen atoms in total. The van der Waals surface area contributed by atoms with Crippen molar-refractivity contribution in [3.63, 3.8) is 0 Å². The van der Waals surface area contributed by atoms with Crippen LogP contribution in [0.4, 0.5) is 0 Å². The maximum atomic E-state index is 2.72. The highest BCUT2D eigenvalue weighted by atomic mass is 127. The predicted octanol–water partition coefficient (Wildman–Crippen LogP) is 2.87. The molecule has 0 unspecified atom stereocenters. The van der Waals surface area contributed by atoms with Crippen molar-refractivity contribution in [2.75, 3.05) is 0 Å². The molecule has 0 N–H and O–H groups in total. The summed E-state index contributed by atoms with van der Waals surface area (Å²) in [5, 5.41) is 0. The summed E-state index contributed by atoms with van der Waals surface area (Å²) in [4.78, 5) is 0. The molecule has 0 fully saturated rings. The van der Waals surface area contributed by atoms with E-state index >= 15 is 0 Å². The first-order chi connectivity index (χ1) is 4.46. The summed E-state index contributed by atoms with van der Waals surface area (Å²) in [6.07, 6.45) is 0. The Balaban J connectivity index is 3.98. The van der Waals surface area contributed by atoms with Gasteiger partial charge in [0.15, 0.2) is 0 Å². The Hall–Kier alpha value is 3.31. The third-order valence-electron chi connectivity index (χ3n) is 1.05. The van der Waals surface area contributed by atoms with Crippen LogP contribution in [0.3, 0.4) is 0 Å². The van der Waals surface area contributed by atoms with Gasteiger partial charge in [-0.3, -0.25) is 0 Å². The molecule has 0 aromatic carbocycles. The molecule has 0 spiro atoms. The molecule has 0 radical (unpaired) electrons. The zero-order valence-corrected chi connectivity index (χ0v) is 16.6. The van der Waals surface area contributed by atoms with Crippen LogP contribution in [0.25, 0.3) is 0 Å². The second-order valence-electron chi connectivity index (χ2n) is 2.10. The van der Waals surface area contributed by atoms with E-state index in [1.807, 2.05) is 0 Å². The first-order valence-corrected chi connectivity index (χ1v) is 20.5. The number of hydrogen-bond donors (Lipinski definition) is 0. The van der Waals surface area contributed by atoms with Crippen LogP contribution in [0.5, 0.6) is 0 Å². The summed E-state index contributed by atoms with van der Waals surface area (Å²) in [7, 11) is 0. The minimum absolute atomic E-state index is 0.581. The van der Waals surface area contributed by atoms with E-state index in [2.05, 4.69) is 105 Å². The number of halogens is 4. The van der Waals surface area contributed by atoms with Crippen molar-refractivity contribution in [3.05, 3.63) is 0 Å². The van der Waals surface area contributed by atoms with Gasteiger partial charge >= 0.3 is 0 Å². The van der Waals surface area contributed by atoms with E-state index in [0.717, 1.165) is 6.04 Å². The third-order valence-corrected chi connectivity index (χ3v) is 19.9. The molecule has 0 rings (SSSR count). The molecule has 0 aromatic rings. The van der Waals surface area contributed by atoms with E-state index in [1.54, 1.807) is 0 Å². The van der Waals surface area contributed by atoms with Crippen LogP contribution >= 0.6 is 87.2 Å². The van der Waals surface area contributed by atoms with Gasteiger partial charge in [-0.1, -0.05) is 101 Å². The highest BCUT2D eigenvalue weighted by Crippen LogP contribution is 2.22. The van der Waals surface area contributed by atoms with Gasteiger partial charge in [0.25, 0.3) is 0 Å². The van der Waals surface area contributed by atoms with Crippen LogP contribution in [0.2, 0.25) is 0 Å². The molecular weight excluding hydrogens is 614 g/mol. The summed E-state index contributed by atoms with van der Waals surface area (Å²) < 4.78 is 1.56. The van der Waals surface area contributed by atoms with E-state index in [1.165, 1.54) is 0 Å². The molecule has 0 bridgehead atoms. The first-order valence-electron chi connectivity index (χ1n) is 2.80. The molecule has 7 heteroatoms. The van der Waals surface area contributed by atoms with E-state index in [0.29, 0.717) is 0 Å². The second kappa shape index (κ2) is 6.72. The molecule has 0 saturated heterocycles. The Morgan fingerprint density at radius 2 is 1.30 bits per heavy atom. The summed E-state index contributed by atoms with van der Waals surface area (Å²) in [5.74, 6) is 0. The first kappa shape index (κ1) is 13.3. The predicted molar refractivity (Wildman–Crippen MR) is 87.4 cm³/mol. The highest BCUT2D eigenvalue weighted by Gasteiger charge is 2.23. The maximum absolute atomic E-state index is 2.72. The molecule has 62 valence electrons. The van der Waals surface area contributed by atoms with Gasteiger partial charge in [0.05, 0.1) is 0 Å². The van der Waals surface area contributed by atoms with Gasteiger partial charge in [-0.25, -0.2) is 0 Å². The van der Waals surface area contributed by atoms with E-state index in [4.69, 9.17) is 0 Å². The zero-order chi connectivity index (χ0) is 8.31. The lowest BCUT2D eigenvalue weighted by atomic mass is 10.4. The van der Waals surface area contributed by atoms with Crippen molar-refractivity contribution >= 4 is 95.1 Å². The van der Waals surface area contributed by atoms with Crippen LogP contribution in [0, 0.1) is 0 Å². The Morgan fingerprint density at radius 1 is 1.00 bits per heavy atom. The van der Waals surface area contributed by atoms with Gasteiger partial charge in [-0.2, -0.15) is 0 Å². The average molecular weight is 623 g/mol. The average Bonchev–Trinajstić information content (AvgIpc) is 1.59. The molecule has 0 aliphatic heterocycles. The molecular formula is C3H9I4NSi2. The summed E-state index contributed by atoms with van der Waals surface area (Å²) >= 11 is 10.4. The smallest absolute Gasteiger partial charge is 0.242 e. The van der Waals surface area contributed by atoms with Crippen LogP contribution in [-0.2, 0) is 0 Å². The SMILES string of the molecule is CC(C)N([SiH](I)I)[SiH](I)I. The Bertz CT molecular complexity index is 79.5. The molecule has 0 aromatic heterocycles. The topological polar surface area (TPSA) is 3.24 Å². The van der Waals surface area contributed by atoms with E-state index in [9.17, 15) is 0 Å². The van der Waals surface area contributed by atoms with Crippen molar-refractivity contribution in [2.24, 2.45) is 0 Å². The molecule has 10 heavy (non-hydrogen) atoms. The standard InChI is InChI=1S/C3H9I4NSi2/c1-3(2)8(9(4)5)10(6)7/h3,9-10H,1-2H3. The van der Waals surface area contributed by atoms with Gasteiger partial charge in [0.1, 0.15) is 0 Å². The molecule has 0 heterocycles. The molecule has 0 amide bonds. The fourth-order valence-electron chi connectivity index (χ4n) is 0.536. The van der Waals surface area contributed by atoms with Crippen molar-refractivity contribution in [2.45, 2.75) is 19.9 Å². The zero-order valence-electron chi connectivity index (χ0n) is 5.69. The van der Waals surface area contributed by atoms with Gasteiger partial charge in [-0.05, 0) is 6.04 Å². The number of rotatable bonds is 3. The Labute approximate surface area is 117 Å². The maximum Gasteiger partial charge on any atom is 0.242 e. The van der Waals surface area contributed by atoms with E-state index < -0.39 is 7.90 Å². The Kier molecular flexibility index (Phi) is 8.95. The minimum atomic E-state index is -0.581. The van der Waals surface area contributed by atoms with Gasteiger partial charge in [0, 0.05) is 0 Å². The second-order valence-corrected chi connectivity index (χ2v) is 33.5. The lowest BCUT2D eigenvalue weighted by Crippen LogP contribution is -2.42. The molecule has 0 aliphatic carbocycles. The summed E-state index contributed by atoms with van der Waals surface area (Å²) in [5.41, 5.74) is 0. The number of nitrogens with zero attached hydrogens (tertiary/aromatic N) is 1. The lowest BCUT2D eigenvalue weighted by molar-refractivity contribution is 0.564. The van der Waals surface area contributed by atoms with Crippen LogP contribution in [0.1, 0.15) is 13.8 Å². The lowest BCUT2D eigenvalue weighted by Gasteiger charge is -2.28. The molecule has 0 saturated carbocycles. The van der Waals surface area contributed by atoms with Crippen LogP contribution in [-0.4, -0.2) is 18.2 Å². The third kappa shape index (κ3) is 5.13. The quantitative estimate of drug-likeness (QED) is 0.266. The van der Waals surface area contributed by atoms with Crippen LogP contribution < -0.4 is 0 Å². The van der Waals surface area contributed by atoms with Crippen molar-refractivity contribution in [1.29, 1.82) is 0 Å². The molecule has 0 atom stereocenters. The fraction of sp³-hybridized carbons (Fsp3) is 1.00. The van der Waals surface area contributed by atoms with Gasteiger partial charge in [-0.15, -0.1) is 0 Å². The normalized spacial score (nSPS) is 12.6. The highest BCUT2D eigenvalue weighted by molar-refractivity contribution is 14.3. The van der Waals surface area contributed by atoms with Crippen molar-refractivity contribution < 1.29 is 0 Å². The Morgan fingerprint density at radius 3 is 1.30 bits per heavy atom. The molecule has 0 aliphatic rings. The fourth-order valence-corrected chi connectivity index (χ4v) is 43.6. The van der Waals surface area contributed by atoms with Crippen LogP contribution in [0.15, 0.2) is 0 Å². The van der Waals surface area contributed by atoms with Gasteiger partial charge in [0.2, 0.25) is 7.90 Å². The summed E-state index contributed by atoms with van der Waals surface area (Å²) in [6, 6.07) is 0.760. The van der Waals surface area contributed by atoms with Crippen molar-refractivity contribution in [1.82, 2.24) is 4.23 Å². The minimum Gasteiger partial charge on any atom is -0.317 e. The van der Waals surface area contributed by atoms with E-state index in [-0.39, 0.29) is 0 Å². The number of hydrogen-bond acceptors (Lipinski definition) is 1. The van der Waals surface area contributed by atoms with Crippen molar-refractivity contribution in [3.8, 4) is 0 Å². The van der Waals surface area contributed by atoms with Gasteiger partial charge < -0.3 is 4.23 Å². The summed E-state index contributed by atoms with van der Waals surface area (Å²) in [6.45, 7) is 4.60.